The van der Waals surface area contributed by atoms with Crippen LogP contribution in [0.5, 0.6) is 0 Å². The molecule has 0 aliphatic heterocycles. The summed E-state index contributed by atoms with van der Waals surface area (Å²) in [7, 11) is 0. The van der Waals surface area contributed by atoms with Crippen LogP contribution < -0.4 is 10.2 Å². The second-order valence-corrected chi connectivity index (χ2v) is 15.7. The molecule has 276 valence electrons. The van der Waals surface area contributed by atoms with Gasteiger partial charge in [-0.05, 0) is 24.3 Å². The fourth-order valence-corrected chi connectivity index (χ4v) is 7.25. The van der Waals surface area contributed by atoms with Gasteiger partial charge < -0.3 is 19.8 Å². The van der Waals surface area contributed by atoms with Crippen molar-refractivity contribution in [1.29, 1.82) is 0 Å². The normalized spacial score (nSPS) is 10.8. The van der Waals surface area contributed by atoms with Gasteiger partial charge in [0, 0.05) is 11.5 Å². The molecule has 0 amide bonds. The zero-order valence-electron chi connectivity index (χ0n) is 31.6. The fourth-order valence-electron chi connectivity index (χ4n) is 5.82. The Kier molecular flexibility index (Phi) is 53.4. The number of hydrogen-bond donors (Lipinski definition) is 0. The molecule has 47 heavy (non-hydrogen) atoms. The van der Waals surface area contributed by atoms with E-state index >= 15 is 0 Å². The van der Waals surface area contributed by atoms with E-state index in [0.717, 1.165) is 24.3 Å². The number of thioether (sulfide) groups is 2. The minimum absolute atomic E-state index is 0. The molecule has 0 aromatic heterocycles. The van der Waals surface area contributed by atoms with Crippen LogP contribution in [0.15, 0.2) is 0 Å². The van der Waals surface area contributed by atoms with Gasteiger partial charge in [0.15, 0.2) is 0 Å². The van der Waals surface area contributed by atoms with Crippen LogP contribution >= 0.6 is 23.5 Å². The van der Waals surface area contributed by atoms with Gasteiger partial charge in [0.25, 0.3) is 0 Å². The summed E-state index contributed by atoms with van der Waals surface area (Å²) in [4.78, 5) is 20.5. The first-order valence-electron chi connectivity index (χ1n) is 20.1. The van der Waals surface area contributed by atoms with E-state index in [4.69, 9.17) is 0 Å². The zero-order chi connectivity index (χ0) is 34.0. The summed E-state index contributed by atoms with van der Waals surface area (Å²) in [6.07, 6.45) is 44.2. The maximum Gasteiger partial charge on any atom is 2.00 e. The van der Waals surface area contributed by atoms with E-state index in [2.05, 4.69) is 13.8 Å². The number of carboxylic acids is 2. The Bertz CT molecular complexity index is 545. The third kappa shape index (κ3) is 56.0. The van der Waals surface area contributed by atoms with Gasteiger partial charge in [0.05, 0.1) is 11.9 Å². The van der Waals surface area contributed by atoms with E-state index in [-0.39, 0.29) is 34.6 Å². The minimum atomic E-state index is -0.938. The van der Waals surface area contributed by atoms with Crippen molar-refractivity contribution >= 4 is 58.5 Å². The summed E-state index contributed by atoms with van der Waals surface area (Å²) in [5.41, 5.74) is 0. The second kappa shape index (κ2) is 48.5. The summed E-state index contributed by atoms with van der Waals surface area (Å²) in [6, 6.07) is 0. The molecule has 0 aliphatic carbocycles. The first kappa shape index (κ1) is 51.8. The topological polar surface area (TPSA) is 80.3 Å². The Morgan fingerprint density at radius 1 is 0.340 bits per heavy atom. The summed E-state index contributed by atoms with van der Waals surface area (Å²) >= 11 is 2.97. The molecule has 0 N–H and O–H groups in total. The zero-order valence-corrected chi connectivity index (χ0v) is 34.7. The third-order valence-electron chi connectivity index (χ3n) is 8.72. The summed E-state index contributed by atoms with van der Waals surface area (Å²) < 4.78 is 0. The van der Waals surface area contributed by atoms with E-state index in [1.165, 1.54) is 216 Å². The number of rotatable bonds is 38. The average Bonchev–Trinajstić information content (AvgIpc) is 3.03. The van der Waals surface area contributed by atoms with Crippen LogP contribution in [0.1, 0.15) is 219 Å². The van der Waals surface area contributed by atoms with E-state index in [0.29, 0.717) is 0 Å². The predicted octanol–water partition coefficient (Wildman–Crippen LogP) is 11.1. The molecule has 0 bridgehead atoms. The first-order valence-corrected chi connectivity index (χ1v) is 22.4. The molecule has 7 heteroatoms. The Hall–Kier alpha value is 0.406. The summed E-state index contributed by atoms with van der Waals surface area (Å²) in [6.45, 7) is 4.55. The van der Waals surface area contributed by atoms with Crippen molar-refractivity contribution in [2.24, 2.45) is 0 Å². The summed E-state index contributed by atoms with van der Waals surface area (Å²) in [5, 5.41) is 20.5. The number of aliphatic carboxylic acids is 2. The summed E-state index contributed by atoms with van der Waals surface area (Å²) in [5.74, 6) is 0.356. The molecule has 0 spiro atoms. The molecule has 0 saturated heterocycles. The van der Waals surface area contributed by atoms with Crippen molar-refractivity contribution in [2.45, 2.75) is 219 Å². The molecule has 0 aromatic rings. The quantitative estimate of drug-likeness (QED) is 0.0469. The molecule has 0 aliphatic rings. The van der Waals surface area contributed by atoms with Crippen LogP contribution in [0.3, 0.4) is 0 Å². The van der Waals surface area contributed by atoms with Gasteiger partial charge in [0.1, 0.15) is 0 Å². The van der Waals surface area contributed by atoms with Gasteiger partial charge in [-0.15, -0.1) is 0 Å². The average molecular weight is 711 g/mol. The van der Waals surface area contributed by atoms with E-state index in [1.54, 1.807) is 0 Å². The molecule has 0 atom stereocenters. The number of hydrogen-bond acceptors (Lipinski definition) is 6. The Morgan fingerprint density at radius 2 is 0.511 bits per heavy atom. The largest absolute Gasteiger partial charge is 2.00 e. The van der Waals surface area contributed by atoms with Gasteiger partial charge in [-0.1, -0.05) is 206 Å². The van der Waals surface area contributed by atoms with Crippen LogP contribution in [-0.2, 0) is 9.59 Å². The van der Waals surface area contributed by atoms with Gasteiger partial charge in [-0.3, -0.25) is 0 Å². The molecule has 0 aromatic carbocycles. The van der Waals surface area contributed by atoms with E-state index in [9.17, 15) is 19.8 Å². The van der Waals surface area contributed by atoms with Crippen LogP contribution in [-0.4, -0.2) is 58.0 Å². The number of carbonyl (C=O) groups excluding carboxylic acids is 2. The molecule has 0 rings (SSSR count). The van der Waals surface area contributed by atoms with Gasteiger partial charge in [-0.2, -0.15) is 23.5 Å². The van der Waals surface area contributed by atoms with Gasteiger partial charge >= 0.3 is 23.1 Å². The predicted molar refractivity (Wildman–Crippen MR) is 210 cm³/mol. The Labute approximate surface area is 318 Å². The molecular weight excluding hydrogens is 633 g/mol. The van der Waals surface area contributed by atoms with Crippen molar-refractivity contribution < 1.29 is 19.8 Å². The van der Waals surface area contributed by atoms with Crippen molar-refractivity contribution in [3.8, 4) is 0 Å². The minimum Gasteiger partial charge on any atom is -0.549 e. The molecule has 0 heterocycles. The smallest absolute Gasteiger partial charge is 0.549 e. The van der Waals surface area contributed by atoms with Gasteiger partial charge in [-0.25, -0.2) is 0 Å². The fraction of sp³-hybridized carbons (Fsp3) is 0.950. The SMILES string of the molecule is CCCCCCCCCCCCCCCCCCSCC(=O)[O-].CCCCCCCCCCCCCCCCCCSCC(=O)[O-].[Mg+2]. The number of carboxylic acid groups (broad SMARTS) is 2. The van der Waals surface area contributed by atoms with Crippen molar-refractivity contribution in [2.75, 3.05) is 23.0 Å². The maximum absolute atomic E-state index is 10.2. The third-order valence-corrected chi connectivity index (χ3v) is 10.8. The molecule has 4 nitrogen and oxygen atoms in total. The first-order chi connectivity index (χ1) is 22.5. The maximum atomic E-state index is 10.2. The van der Waals surface area contributed by atoms with E-state index in [1.807, 2.05) is 0 Å². The van der Waals surface area contributed by atoms with Crippen LogP contribution in [0, 0.1) is 0 Å². The molecule has 0 saturated carbocycles. The standard InChI is InChI=1S/2C20H40O2S.Mg/c2*1-2-3-4-5-6-7-8-9-10-11-12-13-14-15-16-17-18-23-19-20(21)22;/h2*2-19H2,1H3,(H,21,22);/q;;+2/p-2. The second-order valence-electron chi connectivity index (χ2n) is 13.5. The van der Waals surface area contributed by atoms with Crippen LogP contribution in [0.2, 0.25) is 0 Å². The number of carbonyl (C=O) groups is 2. The monoisotopic (exact) mass is 711 g/mol. The van der Waals surface area contributed by atoms with Gasteiger partial charge in [0.2, 0.25) is 0 Å². The Morgan fingerprint density at radius 3 is 0.681 bits per heavy atom. The van der Waals surface area contributed by atoms with Crippen molar-refractivity contribution in [3.05, 3.63) is 0 Å². The molecule has 0 fully saturated rings. The molecule has 0 radical (unpaired) electrons. The van der Waals surface area contributed by atoms with Crippen LogP contribution in [0.25, 0.3) is 0 Å². The Balaban J connectivity index is -0.000000807. The molecular formula is C40H78MgO4S2. The van der Waals surface area contributed by atoms with E-state index < -0.39 is 11.9 Å². The van der Waals surface area contributed by atoms with Crippen LogP contribution in [0.4, 0.5) is 0 Å². The molecule has 0 unspecified atom stereocenters. The van der Waals surface area contributed by atoms with Crippen molar-refractivity contribution in [3.63, 3.8) is 0 Å². The number of unbranched alkanes of at least 4 members (excludes halogenated alkanes) is 30. The van der Waals surface area contributed by atoms with Crippen molar-refractivity contribution in [1.82, 2.24) is 0 Å².